The molecule has 4 nitrogen and oxygen atoms in total. The van der Waals surface area contributed by atoms with E-state index in [2.05, 4.69) is 5.32 Å². The number of aliphatic hydroxyl groups is 1. The zero-order valence-electron chi connectivity index (χ0n) is 11.1. The molecule has 0 aromatic heterocycles. The fourth-order valence-electron chi connectivity index (χ4n) is 2.82. The van der Waals surface area contributed by atoms with Gasteiger partial charge in [-0.05, 0) is 36.8 Å². The Bertz CT molecular complexity index is 434. The van der Waals surface area contributed by atoms with Crippen molar-refractivity contribution in [3.63, 3.8) is 0 Å². The summed E-state index contributed by atoms with van der Waals surface area (Å²) in [5.74, 6) is 0.579. The minimum atomic E-state index is -0.125. The van der Waals surface area contributed by atoms with Gasteiger partial charge in [0.25, 0.3) is 5.91 Å². The van der Waals surface area contributed by atoms with Gasteiger partial charge in [0.2, 0.25) is 0 Å². The van der Waals surface area contributed by atoms with Crippen molar-refractivity contribution < 1.29 is 9.90 Å². The first-order valence-corrected chi connectivity index (χ1v) is 6.96. The van der Waals surface area contributed by atoms with Gasteiger partial charge in [-0.2, -0.15) is 0 Å². The van der Waals surface area contributed by atoms with Crippen LogP contribution in [-0.4, -0.2) is 24.2 Å². The molecular formula is C15H22N2O2. The molecule has 104 valence electrons. The monoisotopic (exact) mass is 262 g/mol. The quantitative estimate of drug-likeness (QED) is 0.724. The predicted octanol–water partition coefficient (Wildman–Crippen LogP) is 1.80. The van der Waals surface area contributed by atoms with Gasteiger partial charge in [0.05, 0.1) is 5.56 Å². The summed E-state index contributed by atoms with van der Waals surface area (Å²) in [5, 5.41) is 12.3. The molecule has 2 unspecified atom stereocenters. The molecule has 2 rings (SSSR count). The van der Waals surface area contributed by atoms with E-state index >= 15 is 0 Å². The summed E-state index contributed by atoms with van der Waals surface area (Å²) in [6.45, 7) is 0.840. The number of para-hydroxylation sites is 1. The molecule has 1 aliphatic carbocycles. The summed E-state index contributed by atoms with van der Waals surface area (Å²) in [6.07, 6.45) is 4.51. The Morgan fingerprint density at radius 2 is 1.95 bits per heavy atom. The van der Waals surface area contributed by atoms with Gasteiger partial charge >= 0.3 is 0 Å². The van der Waals surface area contributed by atoms with Crippen molar-refractivity contribution in [1.29, 1.82) is 0 Å². The van der Waals surface area contributed by atoms with E-state index in [-0.39, 0.29) is 12.5 Å². The second-order valence-electron chi connectivity index (χ2n) is 5.28. The van der Waals surface area contributed by atoms with Crippen LogP contribution in [0.25, 0.3) is 0 Å². The van der Waals surface area contributed by atoms with Crippen molar-refractivity contribution in [2.24, 2.45) is 11.8 Å². The lowest BCUT2D eigenvalue weighted by Crippen LogP contribution is -2.35. The Hall–Kier alpha value is -1.55. The van der Waals surface area contributed by atoms with Crippen molar-refractivity contribution in [1.82, 2.24) is 5.32 Å². The fraction of sp³-hybridized carbons (Fsp3) is 0.533. The number of hydrogen-bond acceptors (Lipinski definition) is 3. The smallest absolute Gasteiger partial charge is 0.253 e. The average molecular weight is 262 g/mol. The van der Waals surface area contributed by atoms with Crippen LogP contribution in [-0.2, 0) is 0 Å². The maximum atomic E-state index is 12.0. The second kappa shape index (κ2) is 6.57. The number of amides is 1. The number of nitrogen functional groups attached to an aromatic ring is 1. The molecule has 0 radical (unpaired) electrons. The summed E-state index contributed by atoms with van der Waals surface area (Å²) >= 11 is 0. The van der Waals surface area contributed by atoms with Crippen LogP contribution in [0.5, 0.6) is 0 Å². The first-order valence-electron chi connectivity index (χ1n) is 6.96. The molecule has 0 bridgehead atoms. The van der Waals surface area contributed by atoms with Gasteiger partial charge < -0.3 is 16.2 Å². The lowest BCUT2D eigenvalue weighted by atomic mass is 9.79. The Kier molecular flexibility index (Phi) is 4.80. The number of carbonyl (C=O) groups excluding carboxylic acids is 1. The summed E-state index contributed by atoms with van der Waals surface area (Å²) in [5.41, 5.74) is 6.81. The highest BCUT2D eigenvalue weighted by Crippen LogP contribution is 2.29. The summed E-state index contributed by atoms with van der Waals surface area (Å²) in [6, 6.07) is 7.08. The zero-order chi connectivity index (χ0) is 13.7. The Balaban J connectivity index is 1.91. The third kappa shape index (κ3) is 3.47. The SMILES string of the molecule is Nc1ccccc1C(=O)NCC1CCCCC1CO. The first kappa shape index (κ1) is 13.9. The number of aliphatic hydroxyl groups excluding tert-OH is 1. The second-order valence-corrected chi connectivity index (χ2v) is 5.28. The van der Waals surface area contributed by atoms with E-state index in [0.29, 0.717) is 29.6 Å². The van der Waals surface area contributed by atoms with Crippen LogP contribution in [0.2, 0.25) is 0 Å². The van der Waals surface area contributed by atoms with E-state index in [1.165, 1.54) is 12.8 Å². The maximum Gasteiger partial charge on any atom is 0.253 e. The lowest BCUT2D eigenvalue weighted by molar-refractivity contribution is 0.0910. The van der Waals surface area contributed by atoms with E-state index < -0.39 is 0 Å². The van der Waals surface area contributed by atoms with Crippen LogP contribution < -0.4 is 11.1 Å². The standard InChI is InChI=1S/C15H22N2O2/c16-14-8-4-3-7-13(14)15(19)17-9-11-5-1-2-6-12(11)10-18/h3-4,7-8,11-12,18H,1-2,5-6,9-10,16H2,(H,17,19). The molecule has 2 atom stereocenters. The van der Waals surface area contributed by atoms with Gasteiger partial charge in [0, 0.05) is 18.8 Å². The van der Waals surface area contributed by atoms with Crippen LogP contribution in [0.15, 0.2) is 24.3 Å². The van der Waals surface area contributed by atoms with Crippen LogP contribution >= 0.6 is 0 Å². The predicted molar refractivity (Wildman–Crippen MR) is 75.7 cm³/mol. The van der Waals surface area contributed by atoms with Gasteiger partial charge in [-0.15, -0.1) is 0 Å². The van der Waals surface area contributed by atoms with Gasteiger partial charge in [-0.1, -0.05) is 25.0 Å². The fourth-order valence-corrected chi connectivity index (χ4v) is 2.82. The minimum Gasteiger partial charge on any atom is -0.398 e. The van der Waals surface area contributed by atoms with Crippen LogP contribution in [0, 0.1) is 11.8 Å². The van der Waals surface area contributed by atoms with Gasteiger partial charge in [0.1, 0.15) is 0 Å². The molecule has 0 heterocycles. The Morgan fingerprint density at radius 3 is 2.63 bits per heavy atom. The number of hydrogen-bond donors (Lipinski definition) is 3. The minimum absolute atomic E-state index is 0.125. The number of benzene rings is 1. The Labute approximate surface area is 114 Å². The van der Waals surface area contributed by atoms with Gasteiger partial charge in [-0.3, -0.25) is 4.79 Å². The maximum absolute atomic E-state index is 12.0. The van der Waals surface area contributed by atoms with E-state index in [1.54, 1.807) is 12.1 Å². The van der Waals surface area contributed by atoms with Crippen LogP contribution in [0.1, 0.15) is 36.0 Å². The van der Waals surface area contributed by atoms with Gasteiger partial charge in [-0.25, -0.2) is 0 Å². The third-order valence-electron chi connectivity index (χ3n) is 4.03. The van der Waals surface area contributed by atoms with Crippen molar-refractivity contribution >= 4 is 11.6 Å². The van der Waals surface area contributed by atoms with E-state index in [0.717, 1.165) is 12.8 Å². The average Bonchev–Trinajstić information content (AvgIpc) is 2.45. The van der Waals surface area contributed by atoms with Crippen LogP contribution in [0.3, 0.4) is 0 Å². The molecule has 19 heavy (non-hydrogen) atoms. The topological polar surface area (TPSA) is 75.4 Å². The molecule has 1 aliphatic rings. The molecule has 1 aromatic rings. The summed E-state index contributed by atoms with van der Waals surface area (Å²) in [4.78, 5) is 12.0. The van der Waals surface area contributed by atoms with Crippen LogP contribution in [0.4, 0.5) is 5.69 Å². The zero-order valence-corrected chi connectivity index (χ0v) is 11.1. The lowest BCUT2D eigenvalue weighted by Gasteiger charge is -2.30. The number of carbonyl (C=O) groups is 1. The number of nitrogens with two attached hydrogens (primary N) is 1. The van der Waals surface area contributed by atoms with Crippen molar-refractivity contribution in [2.45, 2.75) is 25.7 Å². The molecule has 0 spiro atoms. The highest BCUT2D eigenvalue weighted by Gasteiger charge is 2.24. The highest BCUT2D eigenvalue weighted by atomic mass is 16.3. The molecule has 0 saturated heterocycles. The highest BCUT2D eigenvalue weighted by molar-refractivity contribution is 5.99. The Morgan fingerprint density at radius 1 is 1.26 bits per heavy atom. The number of anilines is 1. The molecule has 1 aromatic carbocycles. The van der Waals surface area contributed by atoms with E-state index in [1.807, 2.05) is 12.1 Å². The largest absolute Gasteiger partial charge is 0.398 e. The molecule has 1 amide bonds. The van der Waals surface area contributed by atoms with E-state index in [4.69, 9.17) is 5.73 Å². The molecule has 0 aliphatic heterocycles. The number of nitrogens with one attached hydrogen (secondary N) is 1. The van der Waals surface area contributed by atoms with Gasteiger partial charge in [0.15, 0.2) is 0 Å². The molecule has 1 saturated carbocycles. The summed E-state index contributed by atoms with van der Waals surface area (Å²) in [7, 11) is 0. The number of rotatable bonds is 4. The first-order chi connectivity index (χ1) is 9.22. The molecular weight excluding hydrogens is 240 g/mol. The van der Waals surface area contributed by atoms with Crippen molar-refractivity contribution in [3.8, 4) is 0 Å². The normalized spacial score (nSPS) is 23.0. The van der Waals surface area contributed by atoms with Crippen molar-refractivity contribution in [2.75, 3.05) is 18.9 Å². The molecule has 4 N–H and O–H groups in total. The third-order valence-corrected chi connectivity index (χ3v) is 4.03. The molecule has 1 fully saturated rings. The van der Waals surface area contributed by atoms with E-state index in [9.17, 15) is 9.90 Å². The molecule has 4 heteroatoms. The summed E-state index contributed by atoms with van der Waals surface area (Å²) < 4.78 is 0. The van der Waals surface area contributed by atoms with Crippen molar-refractivity contribution in [3.05, 3.63) is 29.8 Å².